The van der Waals surface area contributed by atoms with E-state index in [1.165, 1.54) is 10.7 Å². The van der Waals surface area contributed by atoms with Gasteiger partial charge in [0.15, 0.2) is 0 Å². The van der Waals surface area contributed by atoms with Gasteiger partial charge < -0.3 is 5.73 Å². The third kappa shape index (κ3) is 10.1. The largest absolute Gasteiger partial charge is 0.399 e. The smallest absolute Gasteiger partial charge is 0.0690 e. The van der Waals surface area contributed by atoms with E-state index < -0.39 is 0 Å². The molecule has 0 unspecified atom stereocenters. The van der Waals surface area contributed by atoms with E-state index >= 15 is 0 Å². The predicted molar refractivity (Wildman–Crippen MR) is 112 cm³/mol. The zero-order valence-corrected chi connectivity index (χ0v) is 21.0. The van der Waals surface area contributed by atoms with Gasteiger partial charge in [-0.3, -0.25) is 0 Å². The van der Waals surface area contributed by atoms with E-state index in [2.05, 4.69) is 101 Å². The first-order valence-corrected chi connectivity index (χ1v) is 9.04. The summed E-state index contributed by atoms with van der Waals surface area (Å²) in [7, 11) is 0. The van der Waals surface area contributed by atoms with Gasteiger partial charge >= 0.3 is 0 Å². The number of nitrogen functional groups attached to an aromatic ring is 1. The molecule has 1 aromatic heterocycles. The van der Waals surface area contributed by atoms with Gasteiger partial charge in [0.1, 0.15) is 0 Å². The molecule has 3 aromatic rings. The molecule has 0 bridgehead atoms. The zero-order chi connectivity index (χ0) is 15.5. The Morgan fingerprint density at radius 2 is 1.27 bits per heavy atom. The molecule has 4 nitrogen and oxygen atoms in total. The fourth-order valence-corrected chi connectivity index (χ4v) is 2.97. The first kappa shape index (κ1) is 22.2. The summed E-state index contributed by atoms with van der Waals surface area (Å²) in [6, 6.07) is 15.8. The molecule has 0 saturated heterocycles. The fourth-order valence-electron chi connectivity index (χ4n) is 1.10. The van der Waals surface area contributed by atoms with Gasteiger partial charge in [-0.25, -0.2) is 0 Å². The summed E-state index contributed by atoms with van der Waals surface area (Å²) in [6.45, 7) is 0. The maximum absolute atomic E-state index is 5.36. The van der Waals surface area contributed by atoms with Crippen LogP contribution in [0, 0.1) is 10.7 Å². The molecule has 0 aliphatic carbocycles. The first-order valence-electron chi connectivity index (χ1n) is 5.81. The van der Waals surface area contributed by atoms with Gasteiger partial charge in [0.2, 0.25) is 0 Å². The first-order chi connectivity index (χ1) is 10.1. The monoisotopic (exact) mass is 682 g/mol. The standard InChI is InChI=1S/C6H3I3.C6H7N.C2H3N3.Zn/c7-4-2-1-3-5(8)6(4)9;7-6-4-2-1-3-5-6;1-2-4-5-3-1;/h1-3H;1-5H,7H2;1-2H,(H,3,4,5);. The Balaban J connectivity index is 0.000000305. The van der Waals surface area contributed by atoms with E-state index in [0.717, 1.165) is 5.69 Å². The Bertz CT molecular complexity index is 584. The fraction of sp³-hybridized carbons (Fsp3) is 0. The molecule has 0 aliphatic rings. The number of para-hydroxylation sites is 1. The van der Waals surface area contributed by atoms with Gasteiger partial charge in [-0.15, -0.1) is 0 Å². The molecular formula is C14H13I3N4Zn. The predicted octanol–water partition coefficient (Wildman–Crippen LogP) is 4.57. The number of hydrogen-bond acceptors (Lipinski definition) is 3. The summed E-state index contributed by atoms with van der Waals surface area (Å²) in [5.41, 5.74) is 6.18. The number of halogens is 3. The number of nitrogens with one attached hydrogen (secondary N) is 1. The minimum absolute atomic E-state index is 0. The van der Waals surface area contributed by atoms with Crippen molar-refractivity contribution in [1.29, 1.82) is 0 Å². The number of rotatable bonds is 0. The average molecular weight is 683 g/mol. The maximum Gasteiger partial charge on any atom is 0.0690 e. The summed E-state index contributed by atoms with van der Waals surface area (Å²) in [6.07, 6.45) is 3.17. The molecule has 0 aliphatic heterocycles. The van der Waals surface area contributed by atoms with Crippen molar-refractivity contribution in [2.45, 2.75) is 0 Å². The molecule has 8 heteroatoms. The summed E-state index contributed by atoms with van der Waals surface area (Å²) >= 11 is 7.03. The Morgan fingerprint density at radius 3 is 1.55 bits per heavy atom. The zero-order valence-electron chi connectivity index (χ0n) is 11.6. The van der Waals surface area contributed by atoms with Crippen molar-refractivity contribution in [3.8, 4) is 0 Å². The Kier molecular flexibility index (Phi) is 13.7. The number of hydrogen-bond donors (Lipinski definition) is 2. The Labute approximate surface area is 183 Å². The molecule has 1 heterocycles. The second-order valence-electron chi connectivity index (χ2n) is 3.60. The molecule has 0 radical (unpaired) electrons. The van der Waals surface area contributed by atoms with Crippen LogP contribution in [0.2, 0.25) is 0 Å². The van der Waals surface area contributed by atoms with E-state index in [0.29, 0.717) is 0 Å². The molecule has 2 aromatic carbocycles. The van der Waals surface area contributed by atoms with E-state index in [9.17, 15) is 0 Å². The Hall–Kier alpha value is 0.193. The number of benzene rings is 2. The third-order valence-electron chi connectivity index (χ3n) is 2.04. The van der Waals surface area contributed by atoms with Crippen molar-refractivity contribution >= 4 is 73.5 Å². The van der Waals surface area contributed by atoms with E-state index in [4.69, 9.17) is 5.73 Å². The molecule has 0 fully saturated rings. The molecule has 3 rings (SSSR count). The van der Waals surface area contributed by atoms with Crippen molar-refractivity contribution in [3.63, 3.8) is 0 Å². The molecule has 3 N–H and O–H groups in total. The number of H-pyrrole nitrogens is 1. The summed E-state index contributed by atoms with van der Waals surface area (Å²) < 4.78 is 4.02. The Morgan fingerprint density at radius 1 is 0.773 bits per heavy atom. The van der Waals surface area contributed by atoms with Gasteiger partial charge in [-0.05, 0) is 92.0 Å². The molecule has 0 spiro atoms. The van der Waals surface area contributed by atoms with Crippen molar-refractivity contribution in [2.75, 3.05) is 5.73 Å². The van der Waals surface area contributed by atoms with Crippen LogP contribution in [0.5, 0.6) is 0 Å². The quantitative estimate of drug-likeness (QED) is 0.158. The van der Waals surface area contributed by atoms with Crippen LogP contribution < -0.4 is 5.73 Å². The van der Waals surface area contributed by atoms with Crippen molar-refractivity contribution < 1.29 is 19.5 Å². The van der Waals surface area contributed by atoms with Crippen LogP contribution in [0.1, 0.15) is 0 Å². The SMILES string of the molecule is Ic1cccc(I)c1I.Nc1ccccc1.[Zn].c1cn[nH]n1. The number of anilines is 1. The van der Waals surface area contributed by atoms with E-state index in [1.54, 1.807) is 12.4 Å². The normalized spacial score (nSPS) is 8.50. The van der Waals surface area contributed by atoms with E-state index in [-0.39, 0.29) is 19.5 Å². The average Bonchev–Trinajstić information content (AvgIpc) is 3.06. The third-order valence-corrected chi connectivity index (χ3v) is 7.06. The number of nitrogens with zero attached hydrogens (tertiary/aromatic N) is 2. The summed E-state index contributed by atoms with van der Waals surface area (Å²) in [5.74, 6) is 0. The molecule has 112 valence electrons. The van der Waals surface area contributed by atoms with Crippen molar-refractivity contribution in [1.82, 2.24) is 15.4 Å². The van der Waals surface area contributed by atoms with Crippen LogP contribution >= 0.6 is 67.8 Å². The molecular weight excluding hydrogens is 670 g/mol. The van der Waals surface area contributed by atoms with Crippen LogP contribution in [-0.2, 0) is 19.5 Å². The number of aromatic nitrogens is 3. The number of nitrogens with two attached hydrogens (primary N) is 1. The molecule has 0 atom stereocenters. The minimum atomic E-state index is 0. The van der Waals surface area contributed by atoms with Crippen LogP contribution in [-0.4, -0.2) is 15.4 Å². The minimum Gasteiger partial charge on any atom is -0.399 e. The summed E-state index contributed by atoms with van der Waals surface area (Å²) in [4.78, 5) is 0. The van der Waals surface area contributed by atoms with Crippen LogP contribution in [0.15, 0.2) is 60.9 Å². The van der Waals surface area contributed by atoms with E-state index in [1.807, 2.05) is 30.3 Å². The van der Waals surface area contributed by atoms with Gasteiger partial charge in [0.25, 0.3) is 0 Å². The second-order valence-corrected chi connectivity index (χ2v) is 7.01. The maximum atomic E-state index is 5.36. The number of aromatic amines is 1. The molecule has 0 amide bonds. The van der Waals surface area contributed by atoms with Crippen molar-refractivity contribution in [2.24, 2.45) is 0 Å². The van der Waals surface area contributed by atoms with Gasteiger partial charge in [-0.1, -0.05) is 24.3 Å². The van der Waals surface area contributed by atoms with Gasteiger partial charge in [0, 0.05) is 35.9 Å². The van der Waals surface area contributed by atoms with Gasteiger partial charge in [0.05, 0.1) is 12.4 Å². The molecule has 0 saturated carbocycles. The van der Waals surface area contributed by atoms with Crippen LogP contribution in [0.4, 0.5) is 5.69 Å². The van der Waals surface area contributed by atoms with Crippen LogP contribution in [0.3, 0.4) is 0 Å². The summed E-state index contributed by atoms with van der Waals surface area (Å²) in [5, 5.41) is 9.33. The molecule has 22 heavy (non-hydrogen) atoms. The van der Waals surface area contributed by atoms with Crippen LogP contribution in [0.25, 0.3) is 0 Å². The van der Waals surface area contributed by atoms with Crippen molar-refractivity contribution in [3.05, 3.63) is 71.6 Å². The van der Waals surface area contributed by atoms with Gasteiger partial charge in [-0.2, -0.15) is 15.4 Å². The second kappa shape index (κ2) is 13.6. The topological polar surface area (TPSA) is 67.6 Å².